The zero-order valence-corrected chi connectivity index (χ0v) is 20.4. The van der Waals surface area contributed by atoms with E-state index < -0.39 is 47.4 Å². The van der Waals surface area contributed by atoms with Gasteiger partial charge in [0.2, 0.25) is 0 Å². The average Bonchev–Trinajstić information content (AvgIpc) is 2.72. The molecule has 0 fully saturated rings. The number of nitrogens with one attached hydrogen (secondary N) is 1. The number of alkyl carbamates (subject to hydrolysis) is 1. The van der Waals surface area contributed by atoms with Gasteiger partial charge in [0.25, 0.3) is 0 Å². The fourth-order valence-corrected chi connectivity index (χ4v) is 3.47. The normalized spacial score (nSPS) is 13.1. The summed E-state index contributed by atoms with van der Waals surface area (Å²) in [6, 6.07) is 6.76. The standard InChI is InChI=1S/C25H31F2NO6/c1-14(28-24(30)34-25(3,4)5)23(29)33-15(2)22(18-12-16(26)8-10-20(18)31-6)19-13-17(27)9-11-21(19)32-7/h8-15,22H,1-7H3,(H,28,30)/t14-,15-/m0/s1. The molecular weight excluding hydrogens is 448 g/mol. The van der Waals surface area contributed by atoms with Crippen LogP contribution in [-0.4, -0.2) is 44.0 Å². The van der Waals surface area contributed by atoms with Gasteiger partial charge < -0.3 is 24.3 Å². The number of carbonyl (C=O) groups excluding carboxylic acids is 2. The molecule has 2 aromatic carbocycles. The largest absolute Gasteiger partial charge is 0.496 e. The van der Waals surface area contributed by atoms with E-state index in [0.29, 0.717) is 22.6 Å². The molecule has 34 heavy (non-hydrogen) atoms. The van der Waals surface area contributed by atoms with Crippen LogP contribution in [0.2, 0.25) is 0 Å². The second-order valence-electron chi connectivity index (χ2n) is 8.76. The monoisotopic (exact) mass is 479 g/mol. The first-order valence-electron chi connectivity index (χ1n) is 10.7. The lowest BCUT2D eigenvalue weighted by molar-refractivity contribution is -0.151. The van der Waals surface area contributed by atoms with Crippen LogP contribution in [0.25, 0.3) is 0 Å². The molecule has 2 rings (SSSR count). The number of hydrogen-bond acceptors (Lipinski definition) is 6. The van der Waals surface area contributed by atoms with E-state index in [4.69, 9.17) is 18.9 Å². The van der Waals surface area contributed by atoms with Crippen molar-refractivity contribution >= 4 is 12.1 Å². The molecule has 0 aromatic heterocycles. The maximum atomic E-state index is 14.2. The summed E-state index contributed by atoms with van der Waals surface area (Å²) in [5, 5.41) is 2.42. The summed E-state index contributed by atoms with van der Waals surface area (Å²) in [7, 11) is 2.83. The number of benzene rings is 2. The quantitative estimate of drug-likeness (QED) is 0.539. The molecule has 2 aromatic rings. The summed E-state index contributed by atoms with van der Waals surface area (Å²) in [4.78, 5) is 24.8. The number of ether oxygens (including phenoxy) is 4. The van der Waals surface area contributed by atoms with Crippen molar-refractivity contribution in [3.63, 3.8) is 0 Å². The minimum absolute atomic E-state index is 0.320. The van der Waals surface area contributed by atoms with Gasteiger partial charge in [-0.25, -0.2) is 18.4 Å². The molecule has 0 radical (unpaired) electrons. The Morgan fingerprint density at radius 3 is 1.76 bits per heavy atom. The zero-order valence-electron chi connectivity index (χ0n) is 20.4. The van der Waals surface area contributed by atoms with E-state index in [1.807, 2.05) is 0 Å². The van der Waals surface area contributed by atoms with Gasteiger partial charge >= 0.3 is 12.1 Å². The molecule has 1 N–H and O–H groups in total. The van der Waals surface area contributed by atoms with Gasteiger partial charge in [-0.15, -0.1) is 0 Å². The van der Waals surface area contributed by atoms with Gasteiger partial charge in [-0.3, -0.25) is 0 Å². The van der Waals surface area contributed by atoms with Gasteiger partial charge in [0, 0.05) is 11.1 Å². The van der Waals surface area contributed by atoms with Crippen LogP contribution in [0.5, 0.6) is 11.5 Å². The maximum Gasteiger partial charge on any atom is 0.408 e. The summed E-state index contributed by atoms with van der Waals surface area (Å²) in [6.45, 7) is 8.11. The highest BCUT2D eigenvalue weighted by atomic mass is 19.1. The minimum Gasteiger partial charge on any atom is -0.496 e. The second-order valence-corrected chi connectivity index (χ2v) is 8.76. The first-order chi connectivity index (χ1) is 15.9. The van der Waals surface area contributed by atoms with Crippen LogP contribution >= 0.6 is 0 Å². The van der Waals surface area contributed by atoms with Crippen molar-refractivity contribution in [2.75, 3.05) is 14.2 Å². The molecule has 0 bridgehead atoms. The van der Waals surface area contributed by atoms with Crippen LogP contribution in [0.15, 0.2) is 36.4 Å². The van der Waals surface area contributed by atoms with Crippen molar-refractivity contribution in [3.05, 3.63) is 59.2 Å². The lowest BCUT2D eigenvalue weighted by atomic mass is 9.85. The van der Waals surface area contributed by atoms with Gasteiger partial charge in [0.1, 0.15) is 40.9 Å². The smallest absolute Gasteiger partial charge is 0.408 e. The van der Waals surface area contributed by atoms with E-state index in [1.54, 1.807) is 27.7 Å². The van der Waals surface area contributed by atoms with Crippen LogP contribution in [0, 0.1) is 11.6 Å². The third-order valence-corrected chi connectivity index (χ3v) is 4.91. The molecule has 9 heteroatoms. The number of esters is 1. The molecule has 0 aliphatic carbocycles. The number of rotatable bonds is 8. The SMILES string of the molecule is COc1ccc(F)cc1C(c1cc(F)ccc1OC)[C@H](C)OC(=O)[C@H](C)NC(=O)OC(C)(C)C. The van der Waals surface area contributed by atoms with E-state index in [9.17, 15) is 18.4 Å². The molecule has 186 valence electrons. The Bertz CT molecular complexity index is 967. The third kappa shape index (κ3) is 7.07. The summed E-state index contributed by atoms with van der Waals surface area (Å²) in [6.07, 6.45) is -1.71. The van der Waals surface area contributed by atoms with Gasteiger partial charge in [-0.05, 0) is 71.0 Å². The lowest BCUT2D eigenvalue weighted by Gasteiger charge is -2.29. The van der Waals surface area contributed by atoms with Crippen molar-refractivity contribution in [2.24, 2.45) is 0 Å². The summed E-state index contributed by atoms with van der Waals surface area (Å²) >= 11 is 0. The Hall–Kier alpha value is -3.36. The number of methoxy groups -OCH3 is 2. The fourth-order valence-electron chi connectivity index (χ4n) is 3.47. The molecule has 0 unspecified atom stereocenters. The lowest BCUT2D eigenvalue weighted by Crippen LogP contribution is -2.43. The van der Waals surface area contributed by atoms with Crippen molar-refractivity contribution in [1.29, 1.82) is 0 Å². The number of amides is 1. The van der Waals surface area contributed by atoms with Crippen molar-refractivity contribution in [3.8, 4) is 11.5 Å². The van der Waals surface area contributed by atoms with Crippen LogP contribution < -0.4 is 14.8 Å². The van der Waals surface area contributed by atoms with Crippen LogP contribution in [0.1, 0.15) is 51.7 Å². The highest BCUT2D eigenvalue weighted by molar-refractivity contribution is 5.81. The number of carbonyl (C=O) groups is 2. The Balaban J connectivity index is 2.41. The van der Waals surface area contributed by atoms with E-state index in [0.717, 1.165) is 0 Å². The highest BCUT2D eigenvalue weighted by Gasteiger charge is 2.32. The predicted molar refractivity (Wildman–Crippen MR) is 122 cm³/mol. The molecule has 0 aliphatic rings. The topological polar surface area (TPSA) is 83.1 Å². The fraction of sp³-hybridized carbons (Fsp3) is 0.440. The van der Waals surface area contributed by atoms with Crippen LogP contribution in [-0.2, 0) is 14.3 Å². The Kier molecular flexibility index (Phi) is 8.84. The van der Waals surface area contributed by atoms with Crippen molar-refractivity contribution in [2.45, 2.75) is 58.3 Å². The van der Waals surface area contributed by atoms with E-state index in [2.05, 4.69) is 5.32 Å². The average molecular weight is 480 g/mol. The van der Waals surface area contributed by atoms with Crippen LogP contribution in [0.4, 0.5) is 13.6 Å². The summed E-state index contributed by atoms with van der Waals surface area (Å²) in [5.41, 5.74) is -0.0764. The zero-order chi connectivity index (χ0) is 25.6. The Labute approximate surface area is 198 Å². The van der Waals surface area contributed by atoms with Crippen molar-refractivity contribution < 1.29 is 37.3 Å². The Morgan fingerprint density at radius 1 is 0.882 bits per heavy atom. The number of halogens is 2. The summed E-state index contributed by atoms with van der Waals surface area (Å²) < 4.78 is 50.0. The van der Waals surface area contributed by atoms with Crippen LogP contribution in [0.3, 0.4) is 0 Å². The maximum absolute atomic E-state index is 14.2. The molecule has 2 atom stereocenters. The molecule has 7 nitrogen and oxygen atoms in total. The molecule has 0 aliphatic heterocycles. The first-order valence-corrected chi connectivity index (χ1v) is 10.7. The predicted octanol–water partition coefficient (Wildman–Crippen LogP) is 4.96. The second kappa shape index (κ2) is 11.2. The van der Waals surface area contributed by atoms with Gasteiger partial charge in [0.15, 0.2) is 0 Å². The number of hydrogen-bond donors (Lipinski definition) is 1. The van der Waals surface area contributed by atoms with E-state index >= 15 is 0 Å². The van der Waals surface area contributed by atoms with E-state index in [1.165, 1.54) is 57.5 Å². The van der Waals surface area contributed by atoms with E-state index in [-0.39, 0.29) is 0 Å². The van der Waals surface area contributed by atoms with Gasteiger partial charge in [0.05, 0.1) is 20.1 Å². The molecule has 0 saturated heterocycles. The molecule has 0 spiro atoms. The Morgan fingerprint density at radius 2 is 1.35 bits per heavy atom. The van der Waals surface area contributed by atoms with Crippen molar-refractivity contribution in [1.82, 2.24) is 5.32 Å². The summed E-state index contributed by atoms with van der Waals surface area (Å²) in [5.74, 6) is -2.06. The third-order valence-electron chi connectivity index (χ3n) is 4.91. The first kappa shape index (κ1) is 26.9. The van der Waals surface area contributed by atoms with Gasteiger partial charge in [-0.2, -0.15) is 0 Å². The molecular formula is C25H31F2NO6. The minimum atomic E-state index is -1.04. The highest BCUT2D eigenvalue weighted by Crippen LogP contribution is 2.40. The molecule has 0 saturated carbocycles. The molecule has 0 heterocycles. The molecule has 1 amide bonds. The van der Waals surface area contributed by atoms with Gasteiger partial charge in [-0.1, -0.05) is 0 Å².